The van der Waals surface area contributed by atoms with Gasteiger partial charge in [-0.05, 0) is 46.1 Å². The van der Waals surface area contributed by atoms with Crippen LogP contribution in [0.5, 0.6) is 0 Å². The summed E-state index contributed by atoms with van der Waals surface area (Å²) in [5, 5.41) is 3.17. The molecule has 0 saturated heterocycles. The Kier molecular flexibility index (Phi) is 6.82. The van der Waals surface area contributed by atoms with Gasteiger partial charge in [0, 0.05) is 47.7 Å². The number of hydrogen-bond donors (Lipinski definition) is 2. The lowest BCUT2D eigenvalue weighted by molar-refractivity contribution is -0.118. The summed E-state index contributed by atoms with van der Waals surface area (Å²) in [6.07, 6.45) is 5.95. The molecule has 5 nitrogen and oxygen atoms in total. The van der Waals surface area contributed by atoms with Crippen molar-refractivity contribution < 1.29 is 4.79 Å². The van der Waals surface area contributed by atoms with E-state index in [1.165, 1.54) is 25.7 Å². The molecule has 0 aromatic carbocycles. The number of amides is 1. The highest BCUT2D eigenvalue weighted by molar-refractivity contribution is 6.04. The van der Waals surface area contributed by atoms with E-state index in [1.54, 1.807) is 0 Å². The number of aliphatic imine (C=N–C) groups is 1. The maximum Gasteiger partial charge on any atom is 0.249 e. The zero-order chi connectivity index (χ0) is 18.6. The smallest absolute Gasteiger partial charge is 0.249 e. The standard InChI is InChI=1S/C20H34N4O/c1-13(21)12-24(5)18-9-7-6-8-17(10-18)11-22-20(25)19-14(2)15(3)23-16(19)4/h14,17-18H,1,6-12,21H2,2-5H3,(H,22,25)/t14?,17-,18?/m0/s1. The zero-order valence-corrected chi connectivity index (χ0v) is 16.3. The second-order valence-corrected chi connectivity index (χ2v) is 7.80. The SMILES string of the molecule is C=C(N)CN(C)C1CCCC[C@H](CNC(=O)C2=C(C)N=C(C)C2C)C1. The van der Waals surface area contributed by atoms with E-state index in [4.69, 9.17) is 5.73 Å². The van der Waals surface area contributed by atoms with Crippen LogP contribution in [-0.2, 0) is 4.79 Å². The van der Waals surface area contributed by atoms with Crippen LogP contribution in [0.25, 0.3) is 0 Å². The highest BCUT2D eigenvalue weighted by Crippen LogP contribution is 2.28. The molecule has 0 spiro atoms. The average Bonchev–Trinajstić information content (AvgIpc) is 2.70. The van der Waals surface area contributed by atoms with Crippen molar-refractivity contribution in [2.45, 2.75) is 58.9 Å². The number of rotatable bonds is 6. The second-order valence-electron chi connectivity index (χ2n) is 7.80. The molecule has 0 radical (unpaired) electrons. The van der Waals surface area contributed by atoms with Crippen LogP contribution in [0.15, 0.2) is 28.5 Å². The van der Waals surface area contributed by atoms with Gasteiger partial charge in [-0.25, -0.2) is 0 Å². The zero-order valence-electron chi connectivity index (χ0n) is 16.3. The summed E-state index contributed by atoms with van der Waals surface area (Å²) in [4.78, 5) is 19.4. The molecule has 0 bridgehead atoms. The highest BCUT2D eigenvalue weighted by atomic mass is 16.1. The summed E-state index contributed by atoms with van der Waals surface area (Å²) in [6, 6.07) is 0.515. The summed E-state index contributed by atoms with van der Waals surface area (Å²) < 4.78 is 0. The number of nitrogens with zero attached hydrogens (tertiary/aromatic N) is 2. The van der Waals surface area contributed by atoms with Gasteiger partial charge in [0.2, 0.25) is 5.91 Å². The van der Waals surface area contributed by atoms with Gasteiger partial charge in [0.25, 0.3) is 0 Å². The molecule has 1 fully saturated rings. The fourth-order valence-corrected chi connectivity index (χ4v) is 4.11. The number of likely N-dealkylation sites (N-methyl/N-ethyl adjacent to an activating group) is 1. The number of nitrogens with two attached hydrogens (primary N) is 1. The molecule has 1 amide bonds. The lowest BCUT2D eigenvalue weighted by atomic mass is 9.95. The summed E-state index contributed by atoms with van der Waals surface area (Å²) >= 11 is 0. The molecule has 25 heavy (non-hydrogen) atoms. The maximum atomic E-state index is 12.6. The molecule has 140 valence electrons. The fourth-order valence-electron chi connectivity index (χ4n) is 4.11. The Morgan fingerprint density at radius 3 is 2.64 bits per heavy atom. The lowest BCUT2D eigenvalue weighted by Crippen LogP contribution is -2.38. The normalized spacial score (nSPS) is 27.2. The summed E-state index contributed by atoms with van der Waals surface area (Å²) in [7, 11) is 2.12. The van der Waals surface area contributed by atoms with Crippen LogP contribution in [-0.4, -0.2) is 42.7 Å². The van der Waals surface area contributed by atoms with Crippen LogP contribution in [0.4, 0.5) is 0 Å². The number of carbonyl (C=O) groups excluding carboxylic acids is 1. The van der Waals surface area contributed by atoms with E-state index in [1.807, 2.05) is 13.8 Å². The summed E-state index contributed by atoms with van der Waals surface area (Å²) in [5.74, 6) is 0.697. The van der Waals surface area contributed by atoms with E-state index < -0.39 is 0 Å². The largest absolute Gasteiger partial charge is 0.401 e. The monoisotopic (exact) mass is 346 g/mol. The first-order chi connectivity index (χ1) is 11.8. The quantitative estimate of drug-likeness (QED) is 0.727. The molecular formula is C20H34N4O. The van der Waals surface area contributed by atoms with Crippen molar-refractivity contribution in [3.8, 4) is 0 Å². The van der Waals surface area contributed by atoms with Crippen molar-refractivity contribution in [3.63, 3.8) is 0 Å². The molecule has 1 aliphatic carbocycles. The third-order valence-corrected chi connectivity index (χ3v) is 5.67. The van der Waals surface area contributed by atoms with Crippen LogP contribution in [0.3, 0.4) is 0 Å². The van der Waals surface area contributed by atoms with Crippen molar-refractivity contribution in [2.24, 2.45) is 22.6 Å². The highest BCUT2D eigenvalue weighted by Gasteiger charge is 2.28. The Hall–Kier alpha value is -1.62. The molecule has 1 heterocycles. The molecule has 3 N–H and O–H groups in total. The van der Waals surface area contributed by atoms with Gasteiger partial charge < -0.3 is 11.1 Å². The number of nitrogens with one attached hydrogen (secondary N) is 1. The van der Waals surface area contributed by atoms with E-state index in [0.717, 1.165) is 36.5 Å². The minimum atomic E-state index is 0.0510. The second kappa shape index (κ2) is 8.65. The third kappa shape index (κ3) is 5.18. The Labute approximate surface area is 152 Å². The van der Waals surface area contributed by atoms with Gasteiger partial charge in [0.05, 0.1) is 0 Å². The Bertz CT molecular complexity index is 578. The summed E-state index contributed by atoms with van der Waals surface area (Å²) in [5.41, 5.74) is 9.21. The first kappa shape index (κ1) is 19.7. The molecule has 3 atom stereocenters. The number of hydrogen-bond acceptors (Lipinski definition) is 4. The molecule has 2 rings (SSSR count). The van der Waals surface area contributed by atoms with Gasteiger partial charge in [0.1, 0.15) is 0 Å². The number of allylic oxidation sites excluding steroid dienone is 1. The average molecular weight is 347 g/mol. The van der Waals surface area contributed by atoms with Gasteiger partial charge in [-0.2, -0.15) is 0 Å². The van der Waals surface area contributed by atoms with Crippen LogP contribution in [0.2, 0.25) is 0 Å². The molecule has 0 aromatic heterocycles. The van der Waals surface area contributed by atoms with Crippen LogP contribution < -0.4 is 11.1 Å². The van der Waals surface area contributed by atoms with Gasteiger partial charge in [-0.1, -0.05) is 26.3 Å². The van der Waals surface area contributed by atoms with Crippen LogP contribution in [0, 0.1) is 11.8 Å². The minimum Gasteiger partial charge on any atom is -0.401 e. The van der Waals surface area contributed by atoms with Crippen LogP contribution in [0.1, 0.15) is 52.9 Å². The van der Waals surface area contributed by atoms with E-state index in [0.29, 0.717) is 17.7 Å². The van der Waals surface area contributed by atoms with E-state index in [-0.39, 0.29) is 11.8 Å². The molecule has 5 heteroatoms. The van der Waals surface area contributed by atoms with Crippen molar-refractivity contribution in [2.75, 3.05) is 20.1 Å². The Morgan fingerprint density at radius 1 is 1.36 bits per heavy atom. The van der Waals surface area contributed by atoms with Gasteiger partial charge in [-0.15, -0.1) is 0 Å². The van der Waals surface area contributed by atoms with Crippen molar-refractivity contribution in [3.05, 3.63) is 23.5 Å². The summed E-state index contributed by atoms with van der Waals surface area (Å²) in [6.45, 7) is 11.3. The minimum absolute atomic E-state index is 0.0510. The van der Waals surface area contributed by atoms with Crippen molar-refractivity contribution in [1.82, 2.24) is 10.2 Å². The van der Waals surface area contributed by atoms with Crippen molar-refractivity contribution >= 4 is 11.6 Å². The van der Waals surface area contributed by atoms with Crippen molar-refractivity contribution in [1.29, 1.82) is 0 Å². The predicted molar refractivity (Wildman–Crippen MR) is 104 cm³/mol. The first-order valence-corrected chi connectivity index (χ1v) is 9.47. The maximum absolute atomic E-state index is 12.6. The van der Waals surface area contributed by atoms with E-state index in [2.05, 4.69) is 35.8 Å². The van der Waals surface area contributed by atoms with Gasteiger partial charge in [0.15, 0.2) is 0 Å². The lowest BCUT2D eigenvalue weighted by Gasteiger charge is -2.29. The molecule has 2 unspecified atom stereocenters. The molecule has 2 aliphatic rings. The van der Waals surface area contributed by atoms with Gasteiger partial charge in [-0.3, -0.25) is 14.7 Å². The Balaban J connectivity index is 1.90. The van der Waals surface area contributed by atoms with E-state index in [9.17, 15) is 4.79 Å². The topological polar surface area (TPSA) is 70.7 Å². The fraction of sp³-hybridized carbons (Fsp3) is 0.700. The molecule has 0 aromatic rings. The predicted octanol–water partition coefficient (Wildman–Crippen LogP) is 2.84. The molecule has 1 saturated carbocycles. The third-order valence-electron chi connectivity index (χ3n) is 5.67. The first-order valence-electron chi connectivity index (χ1n) is 9.47. The number of carbonyl (C=O) groups is 1. The molecular weight excluding hydrogens is 312 g/mol. The van der Waals surface area contributed by atoms with Gasteiger partial charge >= 0.3 is 0 Å². The molecule has 1 aliphatic heterocycles. The van der Waals surface area contributed by atoms with Crippen LogP contribution >= 0.6 is 0 Å². The van der Waals surface area contributed by atoms with E-state index >= 15 is 0 Å². The Morgan fingerprint density at radius 2 is 2.04 bits per heavy atom.